The monoisotopic (exact) mass is 324 g/mol. The highest BCUT2D eigenvalue weighted by atomic mass is 32.3. The van der Waals surface area contributed by atoms with Gasteiger partial charge in [-0.1, -0.05) is 6.07 Å². The first kappa shape index (κ1) is 14.6. The second kappa shape index (κ2) is 5.46. The van der Waals surface area contributed by atoms with Gasteiger partial charge >= 0.3 is 0 Å². The number of phenols is 1. The molecule has 1 aliphatic heterocycles. The van der Waals surface area contributed by atoms with Gasteiger partial charge in [-0.15, -0.1) is 11.8 Å². The summed E-state index contributed by atoms with van der Waals surface area (Å²) in [6.07, 6.45) is 0. The van der Waals surface area contributed by atoms with Crippen LogP contribution in [0.25, 0.3) is 0 Å². The zero-order valence-corrected chi connectivity index (χ0v) is 13.0. The van der Waals surface area contributed by atoms with Gasteiger partial charge in [-0.25, -0.2) is 0 Å². The van der Waals surface area contributed by atoms with E-state index in [2.05, 4.69) is 0 Å². The van der Waals surface area contributed by atoms with Crippen molar-refractivity contribution in [1.29, 1.82) is 0 Å². The predicted octanol–water partition coefficient (Wildman–Crippen LogP) is 4.36. The van der Waals surface area contributed by atoms with Crippen molar-refractivity contribution in [3.05, 3.63) is 48.0 Å². The minimum absolute atomic E-state index is 0.0781. The van der Waals surface area contributed by atoms with Crippen LogP contribution in [0.5, 0.6) is 11.5 Å². The number of methoxy groups -OCH3 is 1. The van der Waals surface area contributed by atoms with Crippen molar-refractivity contribution in [3.63, 3.8) is 0 Å². The van der Waals surface area contributed by atoms with Crippen LogP contribution in [0.1, 0.15) is 10.8 Å². The minimum atomic E-state index is -2.77. The van der Waals surface area contributed by atoms with E-state index in [-0.39, 0.29) is 16.8 Å². The smallest absolute Gasteiger partial charge is 0.125 e. The van der Waals surface area contributed by atoms with Gasteiger partial charge in [0.25, 0.3) is 0 Å². The Labute approximate surface area is 129 Å². The molecule has 21 heavy (non-hydrogen) atoms. The van der Waals surface area contributed by atoms with E-state index in [4.69, 9.17) is 4.74 Å². The van der Waals surface area contributed by atoms with Gasteiger partial charge in [0, 0.05) is 10.5 Å². The normalized spacial score (nSPS) is 20.8. The van der Waals surface area contributed by atoms with Crippen molar-refractivity contribution in [3.8, 4) is 11.5 Å². The van der Waals surface area contributed by atoms with Gasteiger partial charge in [-0.05, 0) is 36.4 Å². The van der Waals surface area contributed by atoms with Gasteiger partial charge in [0.15, 0.2) is 0 Å². The van der Waals surface area contributed by atoms with Crippen LogP contribution in [-0.4, -0.2) is 27.1 Å². The van der Waals surface area contributed by atoms with Crippen LogP contribution in [0.3, 0.4) is 0 Å². The third-order valence-electron chi connectivity index (χ3n) is 3.42. The van der Waals surface area contributed by atoms with Gasteiger partial charge in [-0.3, -0.25) is 9.11 Å². The van der Waals surface area contributed by atoms with Crippen LogP contribution in [-0.2, 0) is 0 Å². The number of hydrogen-bond donors (Lipinski definition) is 3. The van der Waals surface area contributed by atoms with Crippen molar-refractivity contribution < 1.29 is 18.9 Å². The Morgan fingerprint density at radius 3 is 2.52 bits per heavy atom. The Morgan fingerprint density at radius 1 is 1.14 bits per heavy atom. The van der Waals surface area contributed by atoms with E-state index in [0.29, 0.717) is 10.6 Å². The number of thioether (sulfide) groups is 1. The summed E-state index contributed by atoms with van der Waals surface area (Å²) in [5, 5.41) is 9.26. The fourth-order valence-corrected chi connectivity index (χ4v) is 6.03. The first-order chi connectivity index (χ1) is 10.0. The molecular weight excluding hydrogens is 308 g/mol. The van der Waals surface area contributed by atoms with Crippen molar-refractivity contribution in [1.82, 2.24) is 0 Å². The van der Waals surface area contributed by atoms with Crippen LogP contribution in [0, 0.1) is 0 Å². The fraction of sp³-hybridized carbons (Fsp3) is 0.200. The van der Waals surface area contributed by atoms with E-state index in [1.165, 1.54) is 0 Å². The van der Waals surface area contributed by atoms with E-state index in [1.54, 1.807) is 43.1 Å². The van der Waals surface area contributed by atoms with Crippen molar-refractivity contribution >= 4 is 22.4 Å². The van der Waals surface area contributed by atoms with Crippen molar-refractivity contribution in [2.45, 2.75) is 15.0 Å². The second-order valence-corrected chi connectivity index (χ2v) is 8.19. The number of fused-ring (bicyclic) bond motifs is 1. The van der Waals surface area contributed by atoms with Gasteiger partial charge < -0.3 is 9.84 Å². The predicted molar refractivity (Wildman–Crippen MR) is 85.7 cm³/mol. The summed E-state index contributed by atoms with van der Waals surface area (Å²) in [5.74, 6) is 1.18. The van der Waals surface area contributed by atoms with E-state index < -0.39 is 10.6 Å². The number of hydrogen-bond acceptors (Lipinski definition) is 5. The topological polar surface area (TPSA) is 69.9 Å². The molecule has 0 radical (unpaired) electrons. The molecule has 0 aromatic heterocycles. The van der Waals surface area contributed by atoms with Gasteiger partial charge in [0.1, 0.15) is 11.5 Å². The summed E-state index contributed by atoms with van der Waals surface area (Å²) >= 11 is 1.54. The molecule has 0 saturated carbocycles. The molecule has 1 aliphatic rings. The molecule has 2 aromatic carbocycles. The Morgan fingerprint density at radius 2 is 1.86 bits per heavy atom. The lowest BCUT2D eigenvalue weighted by Crippen LogP contribution is -1.98. The van der Waals surface area contributed by atoms with E-state index in [0.717, 1.165) is 10.5 Å². The maximum atomic E-state index is 10.3. The maximum absolute atomic E-state index is 10.3. The van der Waals surface area contributed by atoms with E-state index in [9.17, 15) is 14.2 Å². The number of aromatic hydroxyl groups is 1. The summed E-state index contributed by atoms with van der Waals surface area (Å²) in [7, 11) is -1.18. The lowest BCUT2D eigenvalue weighted by atomic mass is 10.1. The molecule has 1 heterocycles. The quantitative estimate of drug-likeness (QED) is 0.782. The molecule has 0 amide bonds. The first-order valence-corrected chi connectivity index (χ1v) is 8.99. The van der Waals surface area contributed by atoms with Gasteiger partial charge in [0.05, 0.1) is 23.0 Å². The Balaban J connectivity index is 1.97. The number of ether oxygens (including phenoxy) is 1. The SMILES string of the molecule is COc1cccc2c1C(Sc1ccc(O)cc1)CS2(O)O. The van der Waals surface area contributed by atoms with E-state index in [1.807, 2.05) is 18.2 Å². The Bertz CT molecular complexity index is 655. The molecule has 0 spiro atoms. The summed E-state index contributed by atoms with van der Waals surface area (Å²) in [4.78, 5) is 1.55. The molecular formula is C15H16O4S2. The lowest BCUT2D eigenvalue weighted by Gasteiger charge is -2.27. The molecule has 1 unspecified atom stereocenters. The van der Waals surface area contributed by atoms with Crippen LogP contribution < -0.4 is 4.74 Å². The Kier molecular flexibility index (Phi) is 3.79. The maximum Gasteiger partial charge on any atom is 0.125 e. The van der Waals surface area contributed by atoms with E-state index >= 15 is 0 Å². The Hall–Kier alpha value is -1.34. The van der Waals surface area contributed by atoms with Crippen LogP contribution >= 0.6 is 22.4 Å². The summed E-state index contributed by atoms with van der Waals surface area (Å²) in [5.41, 5.74) is 0.859. The fourth-order valence-electron chi connectivity index (χ4n) is 2.47. The molecule has 2 aromatic rings. The summed E-state index contributed by atoms with van der Waals surface area (Å²) in [6.45, 7) is 0. The third-order valence-corrected chi connectivity index (χ3v) is 6.72. The van der Waals surface area contributed by atoms with Crippen molar-refractivity contribution in [2.24, 2.45) is 0 Å². The molecule has 0 fully saturated rings. The standard InChI is InChI=1S/C15H16O4S2/c1-19-12-3-2-4-14-15(12)13(9-21(14,17)18)20-11-7-5-10(16)6-8-11/h2-8,13,16-18H,9H2,1H3. The highest BCUT2D eigenvalue weighted by Crippen LogP contribution is 2.64. The number of phenolic OH excluding ortho intramolecular Hbond substituents is 1. The third kappa shape index (κ3) is 2.72. The number of benzene rings is 2. The zero-order valence-electron chi connectivity index (χ0n) is 11.4. The van der Waals surface area contributed by atoms with Crippen LogP contribution in [0.4, 0.5) is 0 Å². The highest BCUT2D eigenvalue weighted by Gasteiger charge is 2.37. The lowest BCUT2D eigenvalue weighted by molar-refractivity contribution is 0.408. The zero-order chi connectivity index (χ0) is 15.0. The van der Waals surface area contributed by atoms with Crippen LogP contribution in [0.2, 0.25) is 0 Å². The molecule has 3 N–H and O–H groups in total. The molecule has 0 bridgehead atoms. The summed E-state index contributed by atoms with van der Waals surface area (Å²) in [6, 6.07) is 12.3. The van der Waals surface area contributed by atoms with Gasteiger partial charge in [0.2, 0.25) is 0 Å². The highest BCUT2D eigenvalue weighted by molar-refractivity contribution is 8.25. The molecule has 0 aliphatic carbocycles. The van der Waals surface area contributed by atoms with Crippen LogP contribution in [0.15, 0.2) is 52.3 Å². The largest absolute Gasteiger partial charge is 0.508 e. The average Bonchev–Trinajstić information content (AvgIpc) is 2.73. The molecule has 112 valence electrons. The molecule has 1 atom stereocenters. The minimum Gasteiger partial charge on any atom is -0.508 e. The molecule has 4 nitrogen and oxygen atoms in total. The molecule has 6 heteroatoms. The molecule has 0 saturated heterocycles. The summed E-state index contributed by atoms with van der Waals surface area (Å²) < 4.78 is 26.0. The van der Waals surface area contributed by atoms with Crippen molar-refractivity contribution in [2.75, 3.05) is 12.9 Å². The van der Waals surface area contributed by atoms with Gasteiger partial charge in [-0.2, -0.15) is 10.6 Å². The molecule has 3 rings (SSSR count). The first-order valence-electron chi connectivity index (χ1n) is 6.40. The second-order valence-electron chi connectivity index (χ2n) is 4.81. The number of rotatable bonds is 3. The average molecular weight is 324 g/mol.